The molecule has 1 aromatic heterocycles. The number of aliphatic hydroxyl groups excluding tert-OH is 1. The van der Waals surface area contributed by atoms with Gasteiger partial charge < -0.3 is 25.4 Å². The topological polar surface area (TPSA) is 144 Å². The Labute approximate surface area is 221 Å². The first-order valence-electron chi connectivity index (χ1n) is 12.1. The van der Waals surface area contributed by atoms with E-state index in [-0.39, 0.29) is 0 Å². The summed E-state index contributed by atoms with van der Waals surface area (Å²) in [4.78, 5) is 37.9. The van der Waals surface area contributed by atoms with E-state index in [1.807, 2.05) is 36.4 Å². The van der Waals surface area contributed by atoms with Gasteiger partial charge in [-0.25, -0.2) is 0 Å². The summed E-state index contributed by atoms with van der Waals surface area (Å²) in [5, 5.41) is 33.8. The van der Waals surface area contributed by atoms with E-state index in [1.165, 1.54) is 7.05 Å². The molecule has 9 nitrogen and oxygen atoms in total. The first-order chi connectivity index (χ1) is 18.0. The van der Waals surface area contributed by atoms with Gasteiger partial charge in [-0.05, 0) is 52.4 Å². The minimum atomic E-state index is -1.41. The van der Waals surface area contributed by atoms with Gasteiger partial charge in [-0.15, -0.1) is 0 Å². The van der Waals surface area contributed by atoms with Gasteiger partial charge >= 0.3 is 5.97 Å². The molecule has 2 amide bonds. The molecule has 0 spiro atoms. The second kappa shape index (κ2) is 11.8. The highest BCUT2D eigenvalue weighted by Crippen LogP contribution is 2.29. The highest BCUT2D eigenvalue weighted by molar-refractivity contribution is 5.93. The number of aromatic nitrogens is 1. The van der Waals surface area contributed by atoms with Crippen molar-refractivity contribution in [1.82, 2.24) is 15.2 Å². The van der Waals surface area contributed by atoms with Gasteiger partial charge in [0.05, 0.1) is 30.1 Å². The fourth-order valence-electron chi connectivity index (χ4n) is 4.27. The largest absolute Gasteiger partial charge is 0.481 e. The predicted molar refractivity (Wildman–Crippen MR) is 142 cm³/mol. The minimum Gasteiger partial charge on any atom is -0.481 e. The first kappa shape index (κ1) is 28.2. The van der Waals surface area contributed by atoms with Crippen molar-refractivity contribution in [1.29, 1.82) is 5.26 Å². The van der Waals surface area contributed by atoms with Crippen LogP contribution in [0, 0.1) is 22.7 Å². The van der Waals surface area contributed by atoms with E-state index in [2.05, 4.69) is 16.7 Å². The van der Waals surface area contributed by atoms with Crippen molar-refractivity contribution in [3.05, 3.63) is 78.1 Å². The number of hydrogen-bond acceptors (Lipinski definition) is 5. The fourth-order valence-corrected chi connectivity index (χ4v) is 4.27. The molecule has 3 aromatic rings. The van der Waals surface area contributed by atoms with Gasteiger partial charge in [0.2, 0.25) is 11.8 Å². The highest BCUT2D eigenvalue weighted by Gasteiger charge is 2.39. The van der Waals surface area contributed by atoms with Gasteiger partial charge in [0, 0.05) is 25.1 Å². The molecule has 0 aliphatic heterocycles. The van der Waals surface area contributed by atoms with Gasteiger partial charge in [0.1, 0.15) is 6.04 Å². The number of carboxylic acid groups (broad SMARTS) is 1. The number of rotatable bonds is 9. The van der Waals surface area contributed by atoms with Crippen molar-refractivity contribution in [3.63, 3.8) is 0 Å². The van der Waals surface area contributed by atoms with Crippen LogP contribution < -0.4 is 10.6 Å². The summed E-state index contributed by atoms with van der Waals surface area (Å²) in [6.45, 7) is 4.63. The third-order valence-electron chi connectivity index (χ3n) is 6.45. The monoisotopic (exact) mass is 516 g/mol. The summed E-state index contributed by atoms with van der Waals surface area (Å²) in [7, 11) is 1.46. The van der Waals surface area contributed by atoms with E-state index < -0.39 is 47.7 Å². The quantitative estimate of drug-likeness (QED) is 0.344. The summed E-state index contributed by atoms with van der Waals surface area (Å²) in [6.07, 6.45) is 3.36. The Kier molecular flexibility index (Phi) is 8.71. The Morgan fingerprint density at radius 3 is 2.03 bits per heavy atom. The predicted octanol–water partition coefficient (Wildman–Crippen LogP) is 3.07. The number of carbonyl (C=O) groups is 3. The van der Waals surface area contributed by atoms with Crippen LogP contribution in [0.1, 0.15) is 37.8 Å². The zero-order valence-electron chi connectivity index (χ0n) is 21.8. The lowest BCUT2D eigenvalue weighted by atomic mass is 9.83. The summed E-state index contributed by atoms with van der Waals surface area (Å²) in [6, 6.07) is 17.7. The second-order valence-corrected chi connectivity index (χ2v) is 10.1. The number of carboxylic acids is 1. The number of nitrogens with zero attached hydrogens (tertiary/aromatic N) is 2. The molecule has 4 N–H and O–H groups in total. The molecule has 0 radical (unpaired) electrons. The van der Waals surface area contributed by atoms with E-state index in [0.717, 1.165) is 16.8 Å². The zero-order valence-corrected chi connectivity index (χ0v) is 21.8. The van der Waals surface area contributed by atoms with Crippen LogP contribution in [-0.4, -0.2) is 52.3 Å². The second-order valence-electron chi connectivity index (χ2n) is 10.1. The van der Waals surface area contributed by atoms with E-state index >= 15 is 0 Å². The SMILES string of the molecule is CNC(=O)C(NC(=O)C(c1ccn(-c2ccc(-c3ccc(C#N)cc3)cc2)c1)C(CO)C(=O)O)C(C)(C)C. The maximum absolute atomic E-state index is 13.4. The lowest BCUT2D eigenvalue weighted by molar-refractivity contribution is -0.147. The molecule has 3 unspecified atom stereocenters. The summed E-state index contributed by atoms with van der Waals surface area (Å²) in [5.74, 6) is -5.02. The minimum absolute atomic E-state index is 0.393. The lowest BCUT2D eigenvalue weighted by Crippen LogP contribution is -2.54. The smallest absolute Gasteiger partial charge is 0.309 e. The first-order valence-corrected chi connectivity index (χ1v) is 12.1. The maximum atomic E-state index is 13.4. The molecule has 0 aliphatic rings. The van der Waals surface area contributed by atoms with Crippen molar-refractivity contribution < 1.29 is 24.6 Å². The summed E-state index contributed by atoms with van der Waals surface area (Å²) >= 11 is 0. The van der Waals surface area contributed by atoms with Crippen molar-refractivity contribution in [2.24, 2.45) is 11.3 Å². The Balaban J connectivity index is 1.92. The van der Waals surface area contributed by atoms with Crippen LogP contribution in [0.2, 0.25) is 0 Å². The van der Waals surface area contributed by atoms with Crippen LogP contribution in [0.4, 0.5) is 0 Å². The van der Waals surface area contributed by atoms with E-state index in [1.54, 1.807) is 55.9 Å². The van der Waals surface area contributed by atoms with Crippen LogP contribution in [-0.2, 0) is 14.4 Å². The Hall–Kier alpha value is -4.42. The highest BCUT2D eigenvalue weighted by atomic mass is 16.4. The maximum Gasteiger partial charge on any atom is 0.309 e. The molecule has 0 bridgehead atoms. The van der Waals surface area contributed by atoms with Crippen molar-refractivity contribution in [2.45, 2.75) is 32.7 Å². The number of nitrogens with one attached hydrogen (secondary N) is 2. The Bertz CT molecular complexity index is 1330. The summed E-state index contributed by atoms with van der Waals surface area (Å²) in [5.41, 5.74) is 3.02. The summed E-state index contributed by atoms with van der Waals surface area (Å²) < 4.78 is 1.76. The van der Waals surface area contributed by atoms with Gasteiger partial charge in [-0.1, -0.05) is 45.0 Å². The molecular weight excluding hydrogens is 484 g/mol. The zero-order chi connectivity index (χ0) is 28.0. The molecule has 198 valence electrons. The molecule has 0 fully saturated rings. The number of nitriles is 1. The number of hydrogen-bond donors (Lipinski definition) is 4. The van der Waals surface area contributed by atoms with Crippen LogP contribution in [0.5, 0.6) is 0 Å². The third-order valence-corrected chi connectivity index (χ3v) is 6.45. The number of likely N-dealkylation sites (N-methyl/N-ethyl adjacent to an activating group) is 1. The lowest BCUT2D eigenvalue weighted by Gasteiger charge is -2.32. The number of benzene rings is 2. The van der Waals surface area contributed by atoms with Crippen LogP contribution >= 0.6 is 0 Å². The standard InChI is InChI=1S/C29H32N4O5/c1-29(2,3)25(27(36)31-4)32-26(35)24(23(17-34)28(37)38)21-13-14-33(16-21)22-11-9-20(10-12-22)19-7-5-18(15-30)6-8-19/h5-14,16,23-25,34H,17H2,1-4H3,(H,31,36)(H,32,35)(H,37,38). The molecule has 0 saturated heterocycles. The van der Waals surface area contributed by atoms with Crippen molar-refractivity contribution in [3.8, 4) is 22.9 Å². The van der Waals surface area contributed by atoms with E-state index in [9.17, 15) is 24.6 Å². The number of aliphatic carboxylic acids is 1. The number of carbonyl (C=O) groups excluding carboxylic acids is 2. The fraction of sp³-hybridized carbons (Fsp3) is 0.310. The molecular formula is C29H32N4O5. The van der Waals surface area contributed by atoms with Gasteiger partial charge in [0.15, 0.2) is 0 Å². The Morgan fingerprint density at radius 2 is 1.55 bits per heavy atom. The number of aliphatic hydroxyl groups is 1. The van der Waals surface area contributed by atoms with Crippen molar-refractivity contribution in [2.75, 3.05) is 13.7 Å². The van der Waals surface area contributed by atoms with Crippen LogP contribution in [0.3, 0.4) is 0 Å². The molecule has 0 saturated carbocycles. The van der Waals surface area contributed by atoms with Gasteiger partial charge in [0.25, 0.3) is 0 Å². The normalized spacial score (nSPS) is 13.6. The van der Waals surface area contributed by atoms with E-state index in [4.69, 9.17) is 5.26 Å². The van der Waals surface area contributed by atoms with Gasteiger partial charge in [-0.3, -0.25) is 14.4 Å². The average Bonchev–Trinajstić information content (AvgIpc) is 3.38. The number of amides is 2. The molecule has 9 heteroatoms. The van der Waals surface area contributed by atoms with E-state index in [0.29, 0.717) is 11.1 Å². The third kappa shape index (κ3) is 6.28. The average molecular weight is 517 g/mol. The molecule has 3 rings (SSSR count). The molecule has 38 heavy (non-hydrogen) atoms. The molecule has 2 aromatic carbocycles. The molecule has 0 aliphatic carbocycles. The van der Waals surface area contributed by atoms with Crippen LogP contribution in [0.15, 0.2) is 67.0 Å². The van der Waals surface area contributed by atoms with Gasteiger partial charge in [-0.2, -0.15) is 5.26 Å². The van der Waals surface area contributed by atoms with Crippen molar-refractivity contribution >= 4 is 17.8 Å². The Morgan fingerprint density at radius 1 is 0.974 bits per heavy atom. The molecule has 1 heterocycles. The molecule has 3 atom stereocenters. The van der Waals surface area contributed by atoms with Crippen LogP contribution in [0.25, 0.3) is 16.8 Å².